The van der Waals surface area contributed by atoms with Gasteiger partial charge < -0.3 is 10.6 Å². The number of benzene rings is 3. The first-order chi connectivity index (χ1) is 14.8. The van der Waals surface area contributed by atoms with Crippen molar-refractivity contribution in [1.82, 2.24) is 5.32 Å². The second kappa shape index (κ2) is 10.0. The summed E-state index contributed by atoms with van der Waals surface area (Å²) < 4.78 is 0.564. The van der Waals surface area contributed by atoms with Crippen molar-refractivity contribution in [2.24, 2.45) is 0 Å². The Balaban J connectivity index is 1.93. The van der Waals surface area contributed by atoms with E-state index < -0.39 is 16.7 Å². The molecule has 0 atom stereocenters. The molecule has 31 heavy (non-hydrogen) atoms. The summed E-state index contributed by atoms with van der Waals surface area (Å²) in [5.41, 5.74) is 1.05. The van der Waals surface area contributed by atoms with E-state index >= 15 is 0 Å². The molecule has 0 aromatic heterocycles. The zero-order valence-corrected chi connectivity index (χ0v) is 18.2. The van der Waals surface area contributed by atoms with Gasteiger partial charge in [-0.1, -0.05) is 35.9 Å². The van der Waals surface area contributed by atoms with Gasteiger partial charge in [0.15, 0.2) is 0 Å². The van der Waals surface area contributed by atoms with Crippen molar-refractivity contribution >= 4 is 56.8 Å². The highest BCUT2D eigenvalue weighted by Gasteiger charge is 2.17. The van der Waals surface area contributed by atoms with Crippen molar-refractivity contribution in [2.75, 3.05) is 5.32 Å². The number of rotatable bonds is 6. The first-order valence-corrected chi connectivity index (χ1v) is 10.1. The molecule has 0 aliphatic heterocycles. The Bertz CT molecular complexity index is 1180. The molecule has 0 bridgehead atoms. The number of hydrogen-bond donors (Lipinski definition) is 2. The van der Waals surface area contributed by atoms with Gasteiger partial charge in [-0.2, -0.15) is 0 Å². The Morgan fingerprint density at radius 1 is 0.968 bits per heavy atom. The maximum absolute atomic E-state index is 12.9. The van der Waals surface area contributed by atoms with Gasteiger partial charge in [-0.3, -0.25) is 19.7 Å². The van der Waals surface area contributed by atoms with E-state index in [2.05, 4.69) is 26.6 Å². The maximum Gasteiger partial charge on any atom is 0.272 e. The van der Waals surface area contributed by atoms with E-state index in [0.29, 0.717) is 26.3 Å². The molecule has 3 aromatic rings. The highest BCUT2D eigenvalue weighted by molar-refractivity contribution is 9.10. The monoisotopic (exact) mass is 499 g/mol. The molecule has 0 heterocycles. The lowest BCUT2D eigenvalue weighted by Gasteiger charge is -2.13. The molecular formula is C22H15BrClN3O4. The Labute approximate surface area is 191 Å². The van der Waals surface area contributed by atoms with Crippen LogP contribution in [0.5, 0.6) is 0 Å². The van der Waals surface area contributed by atoms with E-state index in [9.17, 15) is 19.7 Å². The third kappa shape index (κ3) is 5.78. The molecule has 9 heteroatoms. The molecule has 3 rings (SSSR count). The topological polar surface area (TPSA) is 101 Å². The third-order valence-electron chi connectivity index (χ3n) is 4.15. The molecule has 2 amide bonds. The van der Waals surface area contributed by atoms with Crippen molar-refractivity contribution in [3.05, 3.63) is 109 Å². The molecule has 0 aliphatic carbocycles. The van der Waals surface area contributed by atoms with Crippen molar-refractivity contribution < 1.29 is 14.5 Å². The molecule has 0 fully saturated rings. The number of anilines is 1. The molecule has 0 saturated carbocycles. The molecular weight excluding hydrogens is 486 g/mol. The van der Waals surface area contributed by atoms with E-state index in [1.165, 1.54) is 30.3 Å². The number of para-hydroxylation sites is 1. The molecule has 156 valence electrons. The van der Waals surface area contributed by atoms with Crippen LogP contribution in [0.1, 0.15) is 15.9 Å². The summed E-state index contributed by atoms with van der Waals surface area (Å²) in [6, 6.07) is 19.0. The van der Waals surface area contributed by atoms with E-state index in [0.717, 1.165) is 0 Å². The number of nitro groups is 1. The smallest absolute Gasteiger partial charge is 0.272 e. The summed E-state index contributed by atoms with van der Waals surface area (Å²) in [5.74, 6) is -1.11. The Morgan fingerprint density at radius 2 is 1.61 bits per heavy atom. The predicted molar refractivity (Wildman–Crippen MR) is 123 cm³/mol. The average Bonchev–Trinajstić information content (AvgIpc) is 2.75. The van der Waals surface area contributed by atoms with Crippen molar-refractivity contribution in [3.63, 3.8) is 0 Å². The van der Waals surface area contributed by atoms with Crippen LogP contribution in [0.4, 0.5) is 11.4 Å². The summed E-state index contributed by atoms with van der Waals surface area (Å²) >= 11 is 9.42. The minimum Gasteiger partial charge on any atom is -0.319 e. The van der Waals surface area contributed by atoms with Crippen LogP contribution in [-0.2, 0) is 4.79 Å². The van der Waals surface area contributed by atoms with Gasteiger partial charge in [0.1, 0.15) is 5.70 Å². The first kappa shape index (κ1) is 22.2. The van der Waals surface area contributed by atoms with Crippen molar-refractivity contribution in [1.29, 1.82) is 0 Å². The molecule has 2 N–H and O–H groups in total. The largest absolute Gasteiger partial charge is 0.319 e. The average molecular weight is 501 g/mol. The number of hydrogen-bond acceptors (Lipinski definition) is 4. The molecule has 0 radical (unpaired) electrons. The minimum absolute atomic E-state index is 0.0606. The van der Waals surface area contributed by atoms with Gasteiger partial charge in [0.25, 0.3) is 17.5 Å². The molecule has 3 aromatic carbocycles. The molecule has 0 unspecified atom stereocenters. The van der Waals surface area contributed by atoms with Crippen molar-refractivity contribution in [3.8, 4) is 0 Å². The third-order valence-corrected chi connectivity index (χ3v) is 5.17. The van der Waals surface area contributed by atoms with Gasteiger partial charge in [0.2, 0.25) is 0 Å². The number of carbonyl (C=O) groups excluding carboxylic acids is 2. The summed E-state index contributed by atoms with van der Waals surface area (Å²) in [6.07, 6.45) is 1.42. The Hall–Kier alpha value is -3.49. The van der Waals surface area contributed by atoms with Crippen LogP contribution in [0.3, 0.4) is 0 Å². The lowest BCUT2D eigenvalue weighted by atomic mass is 10.1. The fraction of sp³-hybridized carbons (Fsp3) is 0. The Morgan fingerprint density at radius 3 is 2.26 bits per heavy atom. The quantitative estimate of drug-likeness (QED) is 0.268. The van der Waals surface area contributed by atoms with E-state index in [-0.39, 0.29) is 11.4 Å². The number of amides is 2. The molecule has 0 saturated heterocycles. The van der Waals surface area contributed by atoms with E-state index in [4.69, 9.17) is 11.6 Å². The number of nitrogens with zero attached hydrogens (tertiary/aromatic N) is 1. The van der Waals surface area contributed by atoms with Crippen LogP contribution in [0.15, 0.2) is 83.0 Å². The van der Waals surface area contributed by atoms with Crippen molar-refractivity contribution in [2.45, 2.75) is 0 Å². The fourth-order valence-electron chi connectivity index (χ4n) is 2.60. The second-order valence-electron chi connectivity index (χ2n) is 6.27. The number of nitrogens with one attached hydrogen (secondary N) is 2. The standard InChI is InChI=1S/C22H15BrClN3O4/c23-17-6-2-1-5-16(17)21(28)26-20(13-14-9-11-15(12-10-14)27(30)31)22(29)25-19-8-4-3-7-18(19)24/h1-13H,(H,25,29)(H,26,28). The van der Waals surface area contributed by atoms with Gasteiger partial charge in [0.05, 0.1) is 21.2 Å². The Kier molecular flexibility index (Phi) is 7.17. The van der Waals surface area contributed by atoms with Crippen LogP contribution in [0, 0.1) is 10.1 Å². The van der Waals surface area contributed by atoms with Gasteiger partial charge in [-0.25, -0.2) is 0 Å². The summed E-state index contributed by atoms with van der Waals surface area (Å²) in [6.45, 7) is 0. The molecule has 7 nitrogen and oxygen atoms in total. The predicted octanol–water partition coefficient (Wildman–Crippen LogP) is 5.42. The van der Waals surface area contributed by atoms with Crippen LogP contribution in [0.2, 0.25) is 5.02 Å². The highest BCUT2D eigenvalue weighted by atomic mass is 79.9. The minimum atomic E-state index is -0.605. The highest BCUT2D eigenvalue weighted by Crippen LogP contribution is 2.22. The summed E-state index contributed by atoms with van der Waals surface area (Å²) in [4.78, 5) is 36.0. The number of nitro benzene ring substituents is 1. The van der Waals surface area contributed by atoms with Crippen LogP contribution >= 0.6 is 27.5 Å². The maximum atomic E-state index is 12.9. The van der Waals surface area contributed by atoms with Gasteiger partial charge >= 0.3 is 0 Å². The first-order valence-electron chi connectivity index (χ1n) is 8.93. The summed E-state index contributed by atoms with van der Waals surface area (Å²) in [5, 5.41) is 16.5. The van der Waals surface area contributed by atoms with Crippen LogP contribution < -0.4 is 10.6 Å². The van der Waals surface area contributed by atoms with E-state index in [1.807, 2.05) is 0 Å². The van der Waals surface area contributed by atoms with Gasteiger partial charge in [0, 0.05) is 16.6 Å². The van der Waals surface area contributed by atoms with Gasteiger partial charge in [-0.15, -0.1) is 0 Å². The number of carbonyl (C=O) groups is 2. The second-order valence-corrected chi connectivity index (χ2v) is 7.54. The number of halogens is 2. The van der Waals surface area contributed by atoms with Crippen LogP contribution in [-0.4, -0.2) is 16.7 Å². The molecule has 0 aliphatic rings. The fourth-order valence-corrected chi connectivity index (χ4v) is 3.25. The lowest BCUT2D eigenvalue weighted by molar-refractivity contribution is -0.384. The zero-order valence-electron chi connectivity index (χ0n) is 15.8. The van der Waals surface area contributed by atoms with Crippen LogP contribution in [0.25, 0.3) is 6.08 Å². The van der Waals surface area contributed by atoms with E-state index in [1.54, 1.807) is 48.5 Å². The zero-order chi connectivity index (χ0) is 22.4. The number of non-ortho nitro benzene ring substituents is 1. The normalized spacial score (nSPS) is 11.0. The van der Waals surface area contributed by atoms with Gasteiger partial charge in [-0.05, 0) is 64.0 Å². The summed E-state index contributed by atoms with van der Waals surface area (Å²) in [7, 11) is 0. The lowest BCUT2D eigenvalue weighted by Crippen LogP contribution is -2.31. The molecule has 0 spiro atoms. The SMILES string of the molecule is O=C(Nc1ccccc1Cl)C(=Cc1ccc([N+](=O)[O-])cc1)NC(=O)c1ccccc1Br.